The predicted octanol–water partition coefficient (Wildman–Crippen LogP) is 13.7. The van der Waals surface area contributed by atoms with Gasteiger partial charge in [0, 0.05) is 0 Å². The van der Waals surface area contributed by atoms with E-state index < -0.39 is 0 Å². The fraction of sp³-hybridized carbons (Fsp3) is 0.500. The zero-order valence-electron chi connectivity index (χ0n) is 23.5. The van der Waals surface area contributed by atoms with E-state index in [0.29, 0.717) is 0 Å². The van der Waals surface area contributed by atoms with Crippen molar-refractivity contribution >= 4 is 97.6 Å². The van der Waals surface area contributed by atoms with E-state index in [0.717, 1.165) is 33.9 Å². The van der Waals surface area contributed by atoms with E-state index >= 15 is 0 Å². The second kappa shape index (κ2) is 15.2. The number of hydrogen-bond acceptors (Lipinski definition) is 6. The van der Waals surface area contributed by atoms with Crippen LogP contribution in [0.5, 0.6) is 0 Å². The van der Waals surface area contributed by atoms with Crippen LogP contribution < -0.4 is 0 Å². The van der Waals surface area contributed by atoms with Gasteiger partial charge in [-0.3, -0.25) is 0 Å². The van der Waals surface area contributed by atoms with Crippen molar-refractivity contribution in [2.45, 2.75) is 104 Å². The molecule has 0 aliphatic carbocycles. The Bertz CT molecular complexity index is 1370. The molecule has 214 valence electrons. The molecule has 5 aromatic rings. The Morgan fingerprint density at radius 1 is 0.525 bits per heavy atom. The number of unbranched alkanes of at least 4 members (excludes halogenated alkanes) is 10. The summed E-state index contributed by atoms with van der Waals surface area (Å²) in [5, 5.41) is 2.24. The van der Waals surface area contributed by atoms with E-state index in [1.807, 2.05) is 22.7 Å². The molecule has 40 heavy (non-hydrogen) atoms. The number of thiazole rings is 2. The molecule has 0 amide bonds. The Hall–Kier alpha value is -0.640. The molecule has 0 fully saturated rings. The third-order valence-corrected chi connectivity index (χ3v) is 13.7. The van der Waals surface area contributed by atoms with Crippen molar-refractivity contribution in [3.05, 3.63) is 43.0 Å². The Morgan fingerprint density at radius 2 is 0.925 bits per heavy atom. The number of hydrogen-bond donors (Lipinski definition) is 0. The first-order valence-corrected chi connectivity index (χ1v) is 19.7. The van der Waals surface area contributed by atoms with Crippen LogP contribution in [0, 0.1) is 0 Å². The molecule has 0 unspecified atom stereocenters. The maximum absolute atomic E-state index is 5.06. The van der Waals surface area contributed by atoms with Crippen LogP contribution in [0.2, 0.25) is 0 Å². The van der Waals surface area contributed by atoms with Gasteiger partial charge in [-0.2, -0.15) is 0 Å². The first kappa shape index (κ1) is 30.8. The summed E-state index contributed by atoms with van der Waals surface area (Å²) < 4.78 is 4.97. The van der Waals surface area contributed by atoms with Crippen LogP contribution >= 0.6 is 77.2 Å². The van der Waals surface area contributed by atoms with Crippen molar-refractivity contribution in [2.75, 3.05) is 0 Å². The average molecular weight is 739 g/mol. The van der Waals surface area contributed by atoms with Gasteiger partial charge in [0.1, 0.15) is 10.0 Å². The molecule has 0 spiro atoms. The van der Waals surface area contributed by atoms with Gasteiger partial charge >= 0.3 is 0 Å². The van der Waals surface area contributed by atoms with Crippen molar-refractivity contribution < 1.29 is 0 Å². The standard InChI is InChI=1S/C32H38Br2N2S4/c1-3-5-7-9-11-13-15-21-17-27(37-29(21)33)31-35-23-19-26-24(20-25(23)39-31)36-32(40-26)28-18-22(30(34)38-28)16-14-12-10-8-6-4-2/h17-20H,3-16H2,1-2H3. The molecule has 1 aromatic carbocycles. The predicted molar refractivity (Wildman–Crippen MR) is 189 cm³/mol. The molecule has 4 aromatic heterocycles. The second-order valence-corrected chi connectivity index (χ2v) is 17.5. The van der Waals surface area contributed by atoms with E-state index in [2.05, 4.69) is 70.0 Å². The van der Waals surface area contributed by atoms with Crippen LogP contribution in [0.3, 0.4) is 0 Å². The van der Waals surface area contributed by atoms with E-state index in [4.69, 9.17) is 9.97 Å². The Labute approximate surface area is 271 Å². The van der Waals surface area contributed by atoms with Crippen LogP contribution in [0.4, 0.5) is 0 Å². The molecular formula is C32H38Br2N2S4. The summed E-state index contributed by atoms with van der Waals surface area (Å²) in [5.74, 6) is 0. The number of fused-ring (bicyclic) bond motifs is 2. The molecule has 0 saturated carbocycles. The molecule has 0 N–H and O–H groups in total. The molecule has 0 atom stereocenters. The highest BCUT2D eigenvalue weighted by molar-refractivity contribution is 9.11. The topological polar surface area (TPSA) is 25.8 Å². The molecule has 2 nitrogen and oxygen atoms in total. The summed E-state index contributed by atoms with van der Waals surface area (Å²) in [5.41, 5.74) is 5.03. The van der Waals surface area contributed by atoms with Crippen LogP contribution in [0.1, 0.15) is 102 Å². The van der Waals surface area contributed by atoms with E-state index in [1.54, 1.807) is 22.7 Å². The number of halogens is 2. The summed E-state index contributed by atoms with van der Waals surface area (Å²) >= 11 is 14.9. The summed E-state index contributed by atoms with van der Waals surface area (Å²) in [6.45, 7) is 4.56. The molecule has 0 saturated heterocycles. The minimum atomic E-state index is 1.08. The lowest BCUT2D eigenvalue weighted by Crippen LogP contribution is -1.84. The molecule has 0 radical (unpaired) electrons. The fourth-order valence-corrected chi connectivity index (χ4v) is 10.7. The SMILES string of the molecule is CCCCCCCCc1cc(-c2nc3cc4sc(-c5cc(CCCCCCCC)c(Br)s5)nc4cc3s2)sc1Br. The molecule has 4 heterocycles. The maximum atomic E-state index is 5.06. The van der Waals surface area contributed by atoms with E-state index in [1.165, 1.54) is 115 Å². The summed E-state index contributed by atoms with van der Waals surface area (Å²) in [6.07, 6.45) is 18.3. The van der Waals surface area contributed by atoms with Gasteiger partial charge in [-0.15, -0.1) is 45.3 Å². The molecule has 0 bridgehead atoms. The minimum absolute atomic E-state index is 1.08. The van der Waals surface area contributed by atoms with Gasteiger partial charge < -0.3 is 0 Å². The van der Waals surface area contributed by atoms with Gasteiger partial charge in [0.25, 0.3) is 0 Å². The molecule has 0 aliphatic heterocycles. The summed E-state index contributed by atoms with van der Waals surface area (Å²) in [7, 11) is 0. The zero-order chi connectivity index (χ0) is 27.9. The van der Waals surface area contributed by atoms with Crippen LogP contribution in [-0.2, 0) is 12.8 Å². The number of thiophene rings is 2. The lowest BCUT2D eigenvalue weighted by atomic mass is 10.1. The molecule has 0 aliphatic rings. The highest BCUT2D eigenvalue weighted by Crippen LogP contribution is 2.43. The van der Waals surface area contributed by atoms with E-state index in [-0.39, 0.29) is 0 Å². The highest BCUT2D eigenvalue weighted by atomic mass is 79.9. The molecule has 8 heteroatoms. The van der Waals surface area contributed by atoms with Gasteiger partial charge in [-0.05, 0) is 92.9 Å². The normalized spacial score (nSPS) is 11.9. The van der Waals surface area contributed by atoms with Crippen molar-refractivity contribution in [1.82, 2.24) is 9.97 Å². The largest absolute Gasteiger partial charge is 0.235 e. The Kier molecular flexibility index (Phi) is 11.7. The van der Waals surface area contributed by atoms with E-state index in [9.17, 15) is 0 Å². The number of aromatic nitrogens is 2. The Balaban J connectivity index is 1.25. The fourth-order valence-electron chi connectivity index (χ4n) is 5.12. The average Bonchev–Trinajstić information content (AvgIpc) is 3.72. The molecular weight excluding hydrogens is 700 g/mol. The zero-order valence-corrected chi connectivity index (χ0v) is 29.9. The number of aryl methyl sites for hydroxylation is 2. The smallest absolute Gasteiger partial charge is 0.134 e. The lowest BCUT2D eigenvalue weighted by molar-refractivity contribution is 0.607. The quantitative estimate of drug-likeness (QED) is 0.0942. The summed E-state index contributed by atoms with van der Waals surface area (Å²) in [6, 6.07) is 9.19. The molecule has 5 rings (SSSR count). The summed E-state index contributed by atoms with van der Waals surface area (Å²) in [4.78, 5) is 12.7. The monoisotopic (exact) mass is 736 g/mol. The van der Waals surface area contributed by atoms with Gasteiger partial charge in [-0.25, -0.2) is 9.97 Å². The van der Waals surface area contributed by atoms with Crippen LogP contribution in [0.25, 0.3) is 40.2 Å². The van der Waals surface area contributed by atoms with Gasteiger partial charge in [-0.1, -0.05) is 78.1 Å². The first-order chi connectivity index (χ1) is 19.6. The lowest BCUT2D eigenvalue weighted by Gasteiger charge is -2.00. The number of nitrogens with zero attached hydrogens (tertiary/aromatic N) is 2. The van der Waals surface area contributed by atoms with Gasteiger partial charge in [0.15, 0.2) is 0 Å². The Morgan fingerprint density at radius 3 is 1.35 bits per heavy atom. The van der Waals surface area contributed by atoms with Crippen molar-refractivity contribution in [3.8, 4) is 19.8 Å². The van der Waals surface area contributed by atoms with Crippen molar-refractivity contribution in [2.24, 2.45) is 0 Å². The number of benzene rings is 1. The first-order valence-electron chi connectivity index (χ1n) is 14.8. The third kappa shape index (κ3) is 7.84. The van der Waals surface area contributed by atoms with Crippen LogP contribution in [0.15, 0.2) is 31.8 Å². The third-order valence-electron chi connectivity index (χ3n) is 7.43. The van der Waals surface area contributed by atoms with Gasteiger partial charge in [0.2, 0.25) is 0 Å². The van der Waals surface area contributed by atoms with Gasteiger partial charge in [0.05, 0.1) is 37.8 Å². The van der Waals surface area contributed by atoms with Crippen LogP contribution in [-0.4, -0.2) is 9.97 Å². The minimum Gasteiger partial charge on any atom is -0.235 e. The highest BCUT2D eigenvalue weighted by Gasteiger charge is 2.16. The maximum Gasteiger partial charge on any atom is 0.134 e. The van der Waals surface area contributed by atoms with Crippen molar-refractivity contribution in [3.63, 3.8) is 0 Å². The number of rotatable bonds is 16. The second-order valence-electron chi connectivity index (χ2n) is 10.7. The van der Waals surface area contributed by atoms with Crippen molar-refractivity contribution in [1.29, 1.82) is 0 Å².